The Kier molecular flexibility index (Phi) is 5.80. The molecule has 0 bridgehead atoms. The Balaban J connectivity index is 1.88. The van der Waals surface area contributed by atoms with Crippen LogP contribution in [-0.2, 0) is 14.8 Å². The number of piperazine rings is 1. The largest absolute Gasteiger partial charge is 0.340 e. The van der Waals surface area contributed by atoms with E-state index in [-0.39, 0.29) is 34.8 Å². The smallest absolute Gasteiger partial charge is 0.242 e. The molecule has 1 saturated heterocycles. The molecule has 1 atom stereocenters. The molecule has 1 aromatic rings. The van der Waals surface area contributed by atoms with Crippen molar-refractivity contribution >= 4 is 27.5 Å². The molecular weight excluding hydrogens is 326 g/mol. The fourth-order valence-corrected chi connectivity index (χ4v) is 3.90. The number of halogens is 1. The van der Waals surface area contributed by atoms with Gasteiger partial charge in [0.1, 0.15) is 4.90 Å². The van der Waals surface area contributed by atoms with E-state index in [0.29, 0.717) is 13.1 Å². The van der Waals surface area contributed by atoms with Gasteiger partial charge in [-0.15, -0.1) is 0 Å². The number of carbonyl (C=O) groups excluding carboxylic acids is 1. The highest BCUT2D eigenvalue weighted by atomic mass is 35.5. The molecule has 1 amide bonds. The van der Waals surface area contributed by atoms with Gasteiger partial charge in [0.2, 0.25) is 15.9 Å². The van der Waals surface area contributed by atoms with Gasteiger partial charge < -0.3 is 10.2 Å². The van der Waals surface area contributed by atoms with Crippen molar-refractivity contribution in [3.05, 3.63) is 29.3 Å². The lowest BCUT2D eigenvalue weighted by atomic mass is 10.2. The summed E-state index contributed by atoms with van der Waals surface area (Å²) in [7, 11) is -3.69. The molecule has 1 fully saturated rings. The van der Waals surface area contributed by atoms with Crippen LogP contribution in [0.25, 0.3) is 0 Å². The monoisotopic (exact) mass is 345 g/mol. The molecule has 22 heavy (non-hydrogen) atoms. The van der Waals surface area contributed by atoms with Gasteiger partial charge in [-0.1, -0.05) is 23.7 Å². The Bertz CT molecular complexity index is 636. The van der Waals surface area contributed by atoms with Crippen molar-refractivity contribution in [2.24, 2.45) is 0 Å². The Morgan fingerprint density at radius 3 is 2.86 bits per heavy atom. The van der Waals surface area contributed by atoms with E-state index in [1.807, 2.05) is 6.92 Å². The van der Waals surface area contributed by atoms with Gasteiger partial charge in [-0.25, -0.2) is 13.1 Å². The molecule has 0 aromatic heterocycles. The fourth-order valence-electron chi connectivity index (χ4n) is 2.35. The average Bonchev–Trinajstić information content (AvgIpc) is 2.47. The van der Waals surface area contributed by atoms with Crippen molar-refractivity contribution in [2.45, 2.75) is 24.3 Å². The minimum atomic E-state index is -3.69. The van der Waals surface area contributed by atoms with E-state index in [0.717, 1.165) is 6.54 Å². The molecule has 122 valence electrons. The van der Waals surface area contributed by atoms with Gasteiger partial charge in [-0.3, -0.25) is 4.79 Å². The zero-order valence-corrected chi connectivity index (χ0v) is 14.0. The van der Waals surface area contributed by atoms with Crippen LogP contribution in [0.2, 0.25) is 5.02 Å². The number of carbonyl (C=O) groups is 1. The van der Waals surface area contributed by atoms with Crippen molar-refractivity contribution in [3.8, 4) is 0 Å². The van der Waals surface area contributed by atoms with Crippen LogP contribution in [0, 0.1) is 0 Å². The molecule has 0 saturated carbocycles. The van der Waals surface area contributed by atoms with E-state index in [1.165, 1.54) is 12.1 Å². The van der Waals surface area contributed by atoms with E-state index < -0.39 is 10.0 Å². The Morgan fingerprint density at radius 2 is 2.18 bits per heavy atom. The predicted octanol–water partition coefficient (Wildman–Crippen LogP) is 0.829. The Labute approximate surface area is 135 Å². The summed E-state index contributed by atoms with van der Waals surface area (Å²) in [6.45, 7) is 4.14. The minimum Gasteiger partial charge on any atom is -0.340 e. The number of hydrogen-bond acceptors (Lipinski definition) is 4. The van der Waals surface area contributed by atoms with Gasteiger partial charge >= 0.3 is 0 Å². The first kappa shape index (κ1) is 17.2. The minimum absolute atomic E-state index is 0.0277. The summed E-state index contributed by atoms with van der Waals surface area (Å²) < 4.78 is 26.7. The van der Waals surface area contributed by atoms with Gasteiger partial charge in [0.25, 0.3) is 0 Å². The maximum Gasteiger partial charge on any atom is 0.242 e. The summed E-state index contributed by atoms with van der Waals surface area (Å²) in [5, 5.41) is 3.42. The second kappa shape index (κ2) is 7.41. The molecule has 0 spiro atoms. The molecule has 0 radical (unpaired) electrons. The van der Waals surface area contributed by atoms with E-state index in [9.17, 15) is 13.2 Å². The molecule has 2 N–H and O–H groups in total. The number of hydrogen-bond donors (Lipinski definition) is 2. The molecule has 2 rings (SSSR count). The van der Waals surface area contributed by atoms with Crippen LogP contribution in [-0.4, -0.2) is 51.4 Å². The highest BCUT2D eigenvalue weighted by Crippen LogP contribution is 2.19. The van der Waals surface area contributed by atoms with E-state index in [4.69, 9.17) is 11.6 Å². The highest BCUT2D eigenvalue weighted by Gasteiger charge is 2.21. The first-order chi connectivity index (χ1) is 10.4. The molecule has 0 unspecified atom stereocenters. The fraction of sp³-hybridized carbons (Fsp3) is 0.500. The van der Waals surface area contributed by atoms with E-state index in [1.54, 1.807) is 17.0 Å². The lowest BCUT2D eigenvalue weighted by Crippen LogP contribution is -2.51. The zero-order chi connectivity index (χ0) is 16.2. The summed E-state index contributed by atoms with van der Waals surface area (Å²) in [4.78, 5) is 13.9. The van der Waals surface area contributed by atoms with Crippen molar-refractivity contribution in [1.82, 2.24) is 14.9 Å². The van der Waals surface area contributed by atoms with Crippen molar-refractivity contribution in [3.63, 3.8) is 0 Å². The van der Waals surface area contributed by atoms with Gasteiger partial charge in [0.05, 0.1) is 5.02 Å². The molecule has 1 aliphatic heterocycles. The first-order valence-electron chi connectivity index (χ1n) is 7.15. The van der Waals surface area contributed by atoms with Crippen LogP contribution in [0.3, 0.4) is 0 Å². The Morgan fingerprint density at radius 1 is 1.45 bits per heavy atom. The Hall–Kier alpha value is -1.15. The van der Waals surface area contributed by atoms with Crippen molar-refractivity contribution < 1.29 is 13.2 Å². The lowest BCUT2D eigenvalue weighted by molar-refractivity contribution is -0.132. The van der Waals surface area contributed by atoms with Crippen LogP contribution in [0.4, 0.5) is 0 Å². The SMILES string of the molecule is C[C@@H]1CN(C(=O)CCNS(=O)(=O)c2ccccc2Cl)CCN1. The van der Waals surface area contributed by atoms with Crippen LogP contribution in [0.1, 0.15) is 13.3 Å². The van der Waals surface area contributed by atoms with Gasteiger partial charge in [-0.2, -0.15) is 0 Å². The maximum absolute atomic E-state index is 12.1. The summed E-state index contributed by atoms with van der Waals surface area (Å²) >= 11 is 5.89. The molecular formula is C14H20ClN3O3S. The number of amides is 1. The number of nitrogens with zero attached hydrogens (tertiary/aromatic N) is 1. The average molecular weight is 346 g/mol. The highest BCUT2D eigenvalue weighted by molar-refractivity contribution is 7.89. The topological polar surface area (TPSA) is 78.5 Å². The summed E-state index contributed by atoms with van der Waals surface area (Å²) in [5.41, 5.74) is 0. The summed E-state index contributed by atoms with van der Waals surface area (Å²) in [5.74, 6) is -0.0461. The second-order valence-corrected chi connectivity index (χ2v) is 7.42. The number of benzene rings is 1. The normalized spacial score (nSPS) is 19.2. The lowest BCUT2D eigenvalue weighted by Gasteiger charge is -2.32. The van der Waals surface area contributed by atoms with Crippen LogP contribution in [0.15, 0.2) is 29.2 Å². The molecule has 0 aliphatic carbocycles. The first-order valence-corrected chi connectivity index (χ1v) is 9.01. The molecule has 6 nitrogen and oxygen atoms in total. The predicted molar refractivity (Wildman–Crippen MR) is 85.3 cm³/mol. The number of nitrogens with one attached hydrogen (secondary N) is 2. The maximum atomic E-state index is 12.1. The third-order valence-corrected chi connectivity index (χ3v) is 5.44. The summed E-state index contributed by atoms with van der Waals surface area (Å²) in [6.07, 6.45) is 0.135. The van der Waals surface area contributed by atoms with E-state index in [2.05, 4.69) is 10.0 Å². The van der Waals surface area contributed by atoms with Gasteiger partial charge in [-0.05, 0) is 19.1 Å². The van der Waals surface area contributed by atoms with Crippen molar-refractivity contribution in [1.29, 1.82) is 0 Å². The molecule has 1 heterocycles. The van der Waals surface area contributed by atoms with Gasteiger partial charge in [0, 0.05) is 38.6 Å². The number of rotatable bonds is 5. The summed E-state index contributed by atoms with van der Waals surface area (Å²) in [6, 6.07) is 6.48. The second-order valence-electron chi connectivity index (χ2n) is 5.27. The number of sulfonamides is 1. The standard InChI is InChI=1S/C14H20ClN3O3S/c1-11-10-18(9-8-16-11)14(19)6-7-17-22(20,21)13-5-3-2-4-12(13)15/h2-5,11,16-17H,6-10H2,1H3/t11-/m1/s1. The van der Waals surface area contributed by atoms with E-state index >= 15 is 0 Å². The van der Waals surface area contributed by atoms with Crippen molar-refractivity contribution in [2.75, 3.05) is 26.2 Å². The third-order valence-electron chi connectivity index (χ3n) is 3.48. The quantitative estimate of drug-likeness (QED) is 0.828. The molecule has 1 aromatic carbocycles. The van der Waals surface area contributed by atoms with Crippen LogP contribution >= 0.6 is 11.6 Å². The van der Waals surface area contributed by atoms with Gasteiger partial charge in [0.15, 0.2) is 0 Å². The van der Waals surface area contributed by atoms with Crippen LogP contribution in [0.5, 0.6) is 0 Å². The zero-order valence-electron chi connectivity index (χ0n) is 12.4. The molecule has 8 heteroatoms. The van der Waals surface area contributed by atoms with Crippen LogP contribution < -0.4 is 10.0 Å². The third kappa shape index (κ3) is 4.42. The molecule has 1 aliphatic rings.